The predicted octanol–water partition coefficient (Wildman–Crippen LogP) is 3.84. The van der Waals surface area contributed by atoms with E-state index in [1.54, 1.807) is 0 Å². The van der Waals surface area contributed by atoms with Gasteiger partial charge in [-0.2, -0.15) is 0 Å². The van der Waals surface area contributed by atoms with Gasteiger partial charge in [0, 0.05) is 16.6 Å². The highest BCUT2D eigenvalue weighted by molar-refractivity contribution is 9.10. The Labute approximate surface area is 122 Å². The van der Waals surface area contributed by atoms with Gasteiger partial charge in [0.25, 0.3) is 0 Å². The number of carboxylic acid groups (broad SMARTS) is 1. The number of hydrogen-bond donors (Lipinski definition) is 1. The second-order valence-corrected chi connectivity index (χ2v) is 6.13. The Morgan fingerprint density at radius 2 is 2.11 bits per heavy atom. The van der Waals surface area contributed by atoms with E-state index in [9.17, 15) is 4.79 Å². The van der Waals surface area contributed by atoms with Gasteiger partial charge in [-0.25, -0.2) is 0 Å². The summed E-state index contributed by atoms with van der Waals surface area (Å²) in [7, 11) is 0. The number of piperidine rings is 1. The minimum atomic E-state index is -0.695. The summed E-state index contributed by atoms with van der Waals surface area (Å²) < 4.78 is 1.07. The highest BCUT2D eigenvalue weighted by Crippen LogP contribution is 2.30. The average molecular weight is 326 g/mol. The minimum Gasteiger partial charge on any atom is -0.481 e. The van der Waals surface area contributed by atoms with Crippen molar-refractivity contribution in [1.82, 2.24) is 4.90 Å². The topological polar surface area (TPSA) is 40.5 Å². The van der Waals surface area contributed by atoms with Crippen LogP contribution in [-0.4, -0.2) is 28.6 Å². The smallest absolute Gasteiger partial charge is 0.304 e. The van der Waals surface area contributed by atoms with Crippen LogP contribution in [0.4, 0.5) is 0 Å². The molecule has 2 atom stereocenters. The maximum absolute atomic E-state index is 11.0. The lowest BCUT2D eigenvalue weighted by Gasteiger charge is -2.39. The van der Waals surface area contributed by atoms with Gasteiger partial charge < -0.3 is 5.11 Å². The molecule has 0 aromatic heterocycles. The Hall–Kier alpha value is -0.870. The van der Waals surface area contributed by atoms with E-state index in [0.29, 0.717) is 0 Å². The number of rotatable bonds is 4. The number of hydrogen-bond acceptors (Lipinski definition) is 2. The van der Waals surface area contributed by atoms with Crippen molar-refractivity contribution in [3.05, 3.63) is 34.3 Å². The molecule has 1 saturated heterocycles. The molecule has 0 bridgehead atoms. The molecule has 0 spiro atoms. The van der Waals surface area contributed by atoms with Gasteiger partial charge in [-0.05, 0) is 44.0 Å². The monoisotopic (exact) mass is 325 g/mol. The molecule has 0 saturated carbocycles. The fourth-order valence-electron chi connectivity index (χ4n) is 2.89. The molecule has 2 rings (SSSR count). The molecule has 1 aliphatic rings. The maximum Gasteiger partial charge on any atom is 0.304 e. The van der Waals surface area contributed by atoms with Crippen molar-refractivity contribution in [3.63, 3.8) is 0 Å². The van der Waals surface area contributed by atoms with E-state index in [1.165, 1.54) is 5.56 Å². The van der Waals surface area contributed by atoms with Crippen molar-refractivity contribution in [2.75, 3.05) is 6.54 Å². The summed E-state index contributed by atoms with van der Waals surface area (Å²) in [6, 6.07) is 8.76. The number of halogens is 1. The Morgan fingerprint density at radius 1 is 1.42 bits per heavy atom. The number of carboxylic acids is 1. The van der Waals surface area contributed by atoms with Gasteiger partial charge in [0.1, 0.15) is 0 Å². The standard InChI is InChI=1S/C15H20BrNO2/c1-11(12-5-7-13(16)8-6-12)17-9-3-2-4-14(17)10-15(18)19/h5-8,11,14H,2-4,9-10H2,1H3,(H,18,19). The minimum absolute atomic E-state index is 0.171. The van der Waals surface area contributed by atoms with E-state index < -0.39 is 5.97 Å². The molecule has 1 aliphatic heterocycles. The second-order valence-electron chi connectivity index (χ2n) is 5.21. The molecule has 3 nitrogen and oxygen atoms in total. The van der Waals surface area contributed by atoms with E-state index in [1.807, 2.05) is 12.1 Å². The molecule has 1 N–H and O–H groups in total. The molecular formula is C15H20BrNO2. The van der Waals surface area contributed by atoms with Gasteiger partial charge >= 0.3 is 5.97 Å². The molecule has 19 heavy (non-hydrogen) atoms. The predicted molar refractivity (Wildman–Crippen MR) is 79.2 cm³/mol. The zero-order valence-electron chi connectivity index (χ0n) is 11.2. The van der Waals surface area contributed by atoms with Crippen LogP contribution < -0.4 is 0 Å². The van der Waals surface area contributed by atoms with Crippen LogP contribution in [0, 0.1) is 0 Å². The van der Waals surface area contributed by atoms with Crippen molar-refractivity contribution >= 4 is 21.9 Å². The van der Waals surface area contributed by atoms with Crippen LogP contribution in [0.5, 0.6) is 0 Å². The third-order valence-electron chi connectivity index (χ3n) is 3.93. The molecule has 1 aromatic carbocycles. The van der Waals surface area contributed by atoms with Crippen LogP contribution in [0.25, 0.3) is 0 Å². The van der Waals surface area contributed by atoms with Gasteiger partial charge in [0.05, 0.1) is 6.42 Å². The summed E-state index contributed by atoms with van der Waals surface area (Å²) in [6.45, 7) is 3.17. The van der Waals surface area contributed by atoms with Crippen molar-refractivity contribution in [3.8, 4) is 0 Å². The summed E-state index contributed by atoms with van der Waals surface area (Å²) >= 11 is 3.44. The van der Waals surface area contributed by atoms with Crippen molar-refractivity contribution in [2.24, 2.45) is 0 Å². The Bertz CT molecular complexity index is 432. The molecule has 2 unspecified atom stereocenters. The van der Waals surface area contributed by atoms with Gasteiger partial charge in [0.15, 0.2) is 0 Å². The quantitative estimate of drug-likeness (QED) is 0.914. The van der Waals surface area contributed by atoms with Crippen LogP contribution in [-0.2, 0) is 4.79 Å². The largest absolute Gasteiger partial charge is 0.481 e. The van der Waals surface area contributed by atoms with E-state index in [0.717, 1.165) is 30.3 Å². The average Bonchev–Trinajstić information content (AvgIpc) is 2.39. The van der Waals surface area contributed by atoms with Crippen LogP contribution in [0.1, 0.15) is 44.2 Å². The summed E-state index contributed by atoms with van der Waals surface area (Å²) in [5.41, 5.74) is 1.25. The third-order valence-corrected chi connectivity index (χ3v) is 4.46. The molecule has 0 amide bonds. The third kappa shape index (κ3) is 3.80. The van der Waals surface area contributed by atoms with Crippen molar-refractivity contribution in [2.45, 2.75) is 44.7 Å². The lowest BCUT2D eigenvalue weighted by atomic mass is 9.95. The molecular weight excluding hydrogens is 306 g/mol. The Kier molecular flexibility index (Phi) is 4.99. The summed E-state index contributed by atoms with van der Waals surface area (Å²) in [5, 5.41) is 9.04. The second kappa shape index (κ2) is 6.53. The van der Waals surface area contributed by atoms with Crippen molar-refractivity contribution in [1.29, 1.82) is 0 Å². The first-order chi connectivity index (χ1) is 9.08. The van der Waals surface area contributed by atoms with E-state index in [-0.39, 0.29) is 18.5 Å². The molecule has 104 valence electrons. The van der Waals surface area contributed by atoms with E-state index in [4.69, 9.17) is 5.11 Å². The zero-order chi connectivity index (χ0) is 13.8. The first-order valence-electron chi connectivity index (χ1n) is 6.81. The number of carbonyl (C=O) groups is 1. The Morgan fingerprint density at radius 3 is 2.74 bits per heavy atom. The lowest BCUT2D eigenvalue weighted by Crippen LogP contribution is -2.42. The van der Waals surface area contributed by atoms with Crippen LogP contribution in [0.15, 0.2) is 28.7 Å². The number of likely N-dealkylation sites (tertiary alicyclic amines) is 1. The molecule has 1 heterocycles. The highest BCUT2D eigenvalue weighted by atomic mass is 79.9. The normalized spacial score (nSPS) is 22.1. The molecule has 0 aliphatic carbocycles. The van der Waals surface area contributed by atoms with E-state index >= 15 is 0 Å². The first kappa shape index (κ1) is 14.5. The number of benzene rings is 1. The van der Waals surface area contributed by atoms with Crippen LogP contribution in [0.2, 0.25) is 0 Å². The maximum atomic E-state index is 11.0. The molecule has 0 radical (unpaired) electrons. The Balaban J connectivity index is 2.12. The zero-order valence-corrected chi connectivity index (χ0v) is 12.8. The summed E-state index contributed by atoms with van der Waals surface area (Å²) in [4.78, 5) is 13.3. The van der Waals surface area contributed by atoms with Crippen LogP contribution in [0.3, 0.4) is 0 Å². The van der Waals surface area contributed by atoms with E-state index in [2.05, 4.69) is 39.9 Å². The molecule has 1 aromatic rings. The molecule has 1 fully saturated rings. The first-order valence-corrected chi connectivity index (χ1v) is 7.60. The highest BCUT2D eigenvalue weighted by Gasteiger charge is 2.28. The van der Waals surface area contributed by atoms with Gasteiger partial charge in [-0.15, -0.1) is 0 Å². The summed E-state index contributed by atoms with van der Waals surface area (Å²) in [6.07, 6.45) is 3.55. The summed E-state index contributed by atoms with van der Waals surface area (Å²) in [5.74, 6) is -0.695. The fraction of sp³-hybridized carbons (Fsp3) is 0.533. The van der Waals surface area contributed by atoms with Crippen molar-refractivity contribution < 1.29 is 9.90 Å². The number of aliphatic carboxylic acids is 1. The molecule has 4 heteroatoms. The van der Waals surface area contributed by atoms with Gasteiger partial charge in [-0.1, -0.05) is 34.5 Å². The number of nitrogens with zero attached hydrogens (tertiary/aromatic N) is 1. The fourth-order valence-corrected chi connectivity index (χ4v) is 3.15. The lowest BCUT2D eigenvalue weighted by molar-refractivity contribution is -0.139. The van der Waals surface area contributed by atoms with Gasteiger partial charge in [-0.3, -0.25) is 9.69 Å². The van der Waals surface area contributed by atoms with Gasteiger partial charge in [0.2, 0.25) is 0 Å². The van der Waals surface area contributed by atoms with Crippen LogP contribution >= 0.6 is 15.9 Å². The SMILES string of the molecule is CC(c1ccc(Br)cc1)N1CCCCC1CC(=O)O.